The third-order valence-electron chi connectivity index (χ3n) is 3.70. The van der Waals surface area contributed by atoms with Gasteiger partial charge < -0.3 is 10.6 Å². The van der Waals surface area contributed by atoms with Gasteiger partial charge in [0.15, 0.2) is 0 Å². The van der Waals surface area contributed by atoms with Crippen molar-refractivity contribution in [2.75, 3.05) is 10.6 Å². The molecule has 28 heavy (non-hydrogen) atoms. The highest BCUT2D eigenvalue weighted by Crippen LogP contribution is 2.17. The molecule has 0 spiro atoms. The van der Waals surface area contributed by atoms with Crippen LogP contribution in [-0.2, 0) is 10.0 Å². The maximum absolute atomic E-state index is 12.5. The van der Waals surface area contributed by atoms with Crippen molar-refractivity contribution in [2.24, 2.45) is 0 Å². The van der Waals surface area contributed by atoms with Crippen LogP contribution >= 0.6 is 0 Å². The van der Waals surface area contributed by atoms with E-state index in [4.69, 9.17) is 0 Å². The maximum atomic E-state index is 12.5. The molecule has 0 saturated heterocycles. The van der Waals surface area contributed by atoms with Crippen LogP contribution in [0.1, 0.15) is 10.4 Å². The summed E-state index contributed by atoms with van der Waals surface area (Å²) in [4.78, 5) is 24.0. The Morgan fingerprint density at radius 3 is 1.96 bits per heavy atom. The Labute approximate surface area is 162 Å². The van der Waals surface area contributed by atoms with Crippen LogP contribution in [0.15, 0.2) is 89.8 Å². The third kappa shape index (κ3) is 4.95. The number of sulfonamides is 1. The first-order valence-electron chi connectivity index (χ1n) is 8.29. The van der Waals surface area contributed by atoms with Crippen molar-refractivity contribution in [3.63, 3.8) is 0 Å². The largest absolute Gasteiger partial charge is 0.333 e. The SMILES string of the molecule is O=C(Nc1ccccc1)NS(=O)(=O)c1cccc(NC(=O)c2ccccc2)c1. The Hall–Kier alpha value is -3.65. The summed E-state index contributed by atoms with van der Waals surface area (Å²) >= 11 is 0. The molecule has 3 amide bonds. The van der Waals surface area contributed by atoms with Crippen LogP contribution in [0, 0.1) is 0 Å². The molecule has 7 nitrogen and oxygen atoms in total. The first kappa shape index (κ1) is 19.1. The fourth-order valence-electron chi connectivity index (χ4n) is 2.39. The predicted molar refractivity (Wildman–Crippen MR) is 107 cm³/mol. The lowest BCUT2D eigenvalue weighted by molar-refractivity contribution is 0.102. The molecule has 8 heteroatoms. The van der Waals surface area contributed by atoms with Crippen LogP contribution in [0.25, 0.3) is 0 Å². The summed E-state index contributed by atoms with van der Waals surface area (Å²) < 4.78 is 26.9. The minimum atomic E-state index is -4.12. The number of benzene rings is 3. The lowest BCUT2D eigenvalue weighted by atomic mass is 10.2. The van der Waals surface area contributed by atoms with E-state index in [1.165, 1.54) is 18.2 Å². The molecule has 3 rings (SSSR count). The minimum Gasteiger partial charge on any atom is -0.322 e. The van der Waals surface area contributed by atoms with Gasteiger partial charge in [0.25, 0.3) is 15.9 Å². The fourth-order valence-corrected chi connectivity index (χ4v) is 3.35. The van der Waals surface area contributed by atoms with Crippen LogP contribution in [0.5, 0.6) is 0 Å². The van der Waals surface area contributed by atoms with E-state index < -0.39 is 16.1 Å². The van der Waals surface area contributed by atoms with Crippen molar-refractivity contribution in [3.8, 4) is 0 Å². The molecule has 0 saturated carbocycles. The number of carbonyl (C=O) groups excluding carboxylic acids is 2. The minimum absolute atomic E-state index is 0.151. The zero-order chi connectivity index (χ0) is 20.0. The van der Waals surface area contributed by atoms with Crippen LogP contribution in [0.2, 0.25) is 0 Å². The van der Waals surface area contributed by atoms with Crippen molar-refractivity contribution in [1.82, 2.24) is 4.72 Å². The zero-order valence-corrected chi connectivity index (χ0v) is 15.4. The second-order valence-electron chi connectivity index (χ2n) is 5.77. The van der Waals surface area contributed by atoms with E-state index in [0.29, 0.717) is 16.9 Å². The van der Waals surface area contributed by atoms with Crippen molar-refractivity contribution >= 4 is 33.3 Å². The number of rotatable bonds is 5. The first-order valence-corrected chi connectivity index (χ1v) is 9.78. The molecule has 0 unspecified atom stereocenters. The Bertz CT molecular complexity index is 1080. The summed E-state index contributed by atoms with van der Waals surface area (Å²) in [5.41, 5.74) is 1.19. The number of hydrogen-bond acceptors (Lipinski definition) is 4. The number of nitrogens with one attached hydrogen (secondary N) is 3. The van der Waals surface area contributed by atoms with Gasteiger partial charge in [0, 0.05) is 16.9 Å². The molecule has 0 aliphatic heterocycles. The van der Waals surface area contributed by atoms with Gasteiger partial charge in [0.05, 0.1) is 4.90 Å². The van der Waals surface area contributed by atoms with Gasteiger partial charge in [-0.15, -0.1) is 0 Å². The molecule has 0 radical (unpaired) electrons. The average Bonchev–Trinajstić information content (AvgIpc) is 2.69. The molecular formula is C20H17N3O4S. The molecule has 0 aromatic heterocycles. The van der Waals surface area contributed by atoms with E-state index in [-0.39, 0.29) is 10.8 Å². The van der Waals surface area contributed by atoms with E-state index in [2.05, 4.69) is 10.6 Å². The highest BCUT2D eigenvalue weighted by atomic mass is 32.2. The van der Waals surface area contributed by atoms with E-state index in [1.54, 1.807) is 66.7 Å². The molecule has 3 aromatic carbocycles. The van der Waals surface area contributed by atoms with Gasteiger partial charge in [0.2, 0.25) is 0 Å². The summed E-state index contributed by atoms with van der Waals surface area (Å²) in [6.45, 7) is 0. The molecule has 0 fully saturated rings. The number of hydrogen-bond donors (Lipinski definition) is 3. The van der Waals surface area contributed by atoms with Gasteiger partial charge in [-0.2, -0.15) is 0 Å². The van der Waals surface area contributed by atoms with Crippen molar-refractivity contribution in [1.29, 1.82) is 0 Å². The van der Waals surface area contributed by atoms with Gasteiger partial charge in [0.1, 0.15) is 0 Å². The molecule has 0 atom stereocenters. The number of urea groups is 1. The normalized spacial score (nSPS) is 10.7. The molecule has 0 aliphatic carbocycles. The highest BCUT2D eigenvalue weighted by molar-refractivity contribution is 7.90. The summed E-state index contributed by atoms with van der Waals surface area (Å²) in [7, 11) is -4.12. The summed E-state index contributed by atoms with van der Waals surface area (Å²) in [6.07, 6.45) is 0. The number of carbonyl (C=O) groups is 2. The highest BCUT2D eigenvalue weighted by Gasteiger charge is 2.18. The lowest BCUT2D eigenvalue weighted by Gasteiger charge is -2.10. The number of para-hydroxylation sites is 1. The quantitative estimate of drug-likeness (QED) is 0.615. The zero-order valence-electron chi connectivity index (χ0n) is 14.6. The monoisotopic (exact) mass is 395 g/mol. The Morgan fingerprint density at radius 2 is 1.29 bits per heavy atom. The van der Waals surface area contributed by atoms with E-state index in [1.807, 2.05) is 4.72 Å². The standard InChI is InChI=1S/C20H17N3O4S/c24-19(15-8-3-1-4-9-15)21-17-12-7-13-18(14-17)28(26,27)23-20(25)22-16-10-5-2-6-11-16/h1-14H,(H,21,24)(H2,22,23,25). The smallest absolute Gasteiger partial charge is 0.322 e. The molecule has 0 aliphatic rings. The molecule has 142 valence electrons. The second-order valence-corrected chi connectivity index (χ2v) is 7.46. The second kappa shape index (κ2) is 8.36. The van der Waals surface area contributed by atoms with Gasteiger partial charge in [-0.25, -0.2) is 17.9 Å². The molecule has 0 heterocycles. The summed E-state index contributed by atoms with van der Waals surface area (Å²) in [6, 6.07) is 21.7. The number of anilines is 2. The van der Waals surface area contributed by atoms with Crippen LogP contribution in [0.3, 0.4) is 0 Å². The van der Waals surface area contributed by atoms with Gasteiger partial charge >= 0.3 is 6.03 Å². The Kier molecular flexibility index (Phi) is 5.71. The molecule has 3 N–H and O–H groups in total. The van der Waals surface area contributed by atoms with Crippen LogP contribution in [-0.4, -0.2) is 20.4 Å². The van der Waals surface area contributed by atoms with E-state index in [0.717, 1.165) is 0 Å². The first-order chi connectivity index (χ1) is 13.4. The number of amides is 3. The van der Waals surface area contributed by atoms with Crippen LogP contribution < -0.4 is 15.4 Å². The lowest BCUT2D eigenvalue weighted by Crippen LogP contribution is -2.34. The third-order valence-corrected chi connectivity index (χ3v) is 5.03. The van der Waals surface area contributed by atoms with Crippen LogP contribution in [0.4, 0.5) is 16.2 Å². The average molecular weight is 395 g/mol. The van der Waals surface area contributed by atoms with E-state index in [9.17, 15) is 18.0 Å². The van der Waals surface area contributed by atoms with E-state index >= 15 is 0 Å². The molecular weight excluding hydrogens is 378 g/mol. The summed E-state index contributed by atoms with van der Waals surface area (Å²) in [5, 5.41) is 5.07. The topological polar surface area (TPSA) is 104 Å². The maximum Gasteiger partial charge on any atom is 0.333 e. The Morgan fingerprint density at radius 1 is 0.679 bits per heavy atom. The van der Waals surface area contributed by atoms with Crippen molar-refractivity contribution in [3.05, 3.63) is 90.5 Å². The fraction of sp³-hybridized carbons (Fsp3) is 0. The molecule has 0 bridgehead atoms. The Balaban J connectivity index is 1.71. The van der Waals surface area contributed by atoms with Gasteiger partial charge in [-0.1, -0.05) is 42.5 Å². The molecule has 3 aromatic rings. The van der Waals surface area contributed by atoms with Gasteiger partial charge in [-0.05, 0) is 42.5 Å². The predicted octanol–water partition coefficient (Wildman–Crippen LogP) is 3.45. The summed E-state index contributed by atoms with van der Waals surface area (Å²) in [5.74, 6) is -0.370. The van der Waals surface area contributed by atoms with Crippen molar-refractivity contribution < 1.29 is 18.0 Å². The van der Waals surface area contributed by atoms with Crippen molar-refractivity contribution in [2.45, 2.75) is 4.90 Å². The van der Waals surface area contributed by atoms with Gasteiger partial charge in [-0.3, -0.25) is 4.79 Å².